The molecule has 0 heterocycles. The Hall–Kier alpha value is -1.78. The Labute approximate surface area is 158 Å². The van der Waals surface area contributed by atoms with Gasteiger partial charge in [-0.15, -0.1) is 11.8 Å². The first kappa shape index (κ1) is 19.5. The first-order valence-electron chi connectivity index (χ1n) is 8.15. The number of amides is 1. The number of hydrazone groups is 1. The van der Waals surface area contributed by atoms with E-state index in [4.69, 9.17) is 11.6 Å². The van der Waals surface area contributed by atoms with Crippen LogP contribution in [-0.2, 0) is 10.2 Å². The van der Waals surface area contributed by atoms with Crippen molar-refractivity contribution in [3.8, 4) is 0 Å². The van der Waals surface area contributed by atoms with Crippen molar-refractivity contribution in [3.05, 3.63) is 64.7 Å². The molecular formula is C20H23ClN2OS. The Morgan fingerprint density at radius 1 is 1.12 bits per heavy atom. The summed E-state index contributed by atoms with van der Waals surface area (Å²) in [6.07, 6.45) is 2.07. The van der Waals surface area contributed by atoms with Gasteiger partial charge in [0.1, 0.15) is 0 Å². The van der Waals surface area contributed by atoms with Crippen LogP contribution in [0.3, 0.4) is 0 Å². The molecule has 0 radical (unpaired) electrons. The zero-order valence-electron chi connectivity index (χ0n) is 14.8. The van der Waals surface area contributed by atoms with Gasteiger partial charge in [-0.3, -0.25) is 4.79 Å². The highest BCUT2D eigenvalue weighted by atomic mass is 35.5. The van der Waals surface area contributed by atoms with E-state index in [9.17, 15) is 4.79 Å². The average Bonchev–Trinajstić information content (AvgIpc) is 2.56. The third kappa shape index (κ3) is 6.92. The summed E-state index contributed by atoms with van der Waals surface area (Å²) in [6.45, 7) is 6.54. The summed E-state index contributed by atoms with van der Waals surface area (Å²) < 4.78 is 0. The summed E-state index contributed by atoms with van der Waals surface area (Å²) >= 11 is 7.47. The average molecular weight is 375 g/mol. The van der Waals surface area contributed by atoms with E-state index in [-0.39, 0.29) is 11.3 Å². The van der Waals surface area contributed by atoms with E-state index < -0.39 is 0 Å². The lowest BCUT2D eigenvalue weighted by Gasteiger charge is -2.18. The largest absolute Gasteiger partial charge is 0.273 e. The van der Waals surface area contributed by atoms with E-state index in [2.05, 4.69) is 43.4 Å². The number of nitrogens with one attached hydrogen (secondary N) is 1. The fourth-order valence-electron chi connectivity index (χ4n) is 2.10. The highest BCUT2D eigenvalue weighted by Gasteiger charge is 2.12. The molecule has 0 saturated carbocycles. The van der Waals surface area contributed by atoms with Crippen molar-refractivity contribution in [3.63, 3.8) is 0 Å². The minimum absolute atomic E-state index is 0.0935. The molecule has 2 aromatic carbocycles. The summed E-state index contributed by atoms with van der Waals surface area (Å²) in [5.41, 5.74) is 4.93. The molecule has 25 heavy (non-hydrogen) atoms. The van der Waals surface area contributed by atoms with Gasteiger partial charge in [-0.1, -0.05) is 56.6 Å². The quantitative estimate of drug-likeness (QED) is 0.425. The van der Waals surface area contributed by atoms with Crippen LogP contribution in [-0.4, -0.2) is 17.9 Å². The second-order valence-corrected chi connectivity index (χ2v) is 8.32. The summed E-state index contributed by atoms with van der Waals surface area (Å²) in [7, 11) is 0. The van der Waals surface area contributed by atoms with Gasteiger partial charge in [-0.25, -0.2) is 5.43 Å². The Balaban J connectivity index is 1.73. The van der Waals surface area contributed by atoms with E-state index in [0.717, 1.165) is 10.5 Å². The van der Waals surface area contributed by atoms with Gasteiger partial charge in [-0.2, -0.15) is 5.10 Å². The molecule has 2 rings (SSSR count). The number of benzene rings is 2. The van der Waals surface area contributed by atoms with Crippen LogP contribution in [0, 0.1) is 0 Å². The number of rotatable bonds is 6. The molecule has 0 bridgehead atoms. The van der Waals surface area contributed by atoms with Crippen LogP contribution in [0.5, 0.6) is 0 Å². The predicted molar refractivity (Wildman–Crippen MR) is 108 cm³/mol. The number of halogens is 1. The Kier molecular flexibility index (Phi) is 7.09. The van der Waals surface area contributed by atoms with Crippen molar-refractivity contribution in [1.82, 2.24) is 5.43 Å². The molecule has 1 N–H and O–H groups in total. The number of hydrogen-bond acceptors (Lipinski definition) is 3. The molecule has 0 aliphatic carbocycles. The lowest BCUT2D eigenvalue weighted by molar-refractivity contribution is -0.120. The zero-order chi connectivity index (χ0) is 18.3. The Morgan fingerprint density at radius 2 is 1.76 bits per heavy atom. The number of hydrogen-bond donors (Lipinski definition) is 1. The second-order valence-electron chi connectivity index (χ2n) is 6.72. The number of thioether (sulfide) groups is 1. The molecule has 0 spiro atoms. The smallest absolute Gasteiger partial charge is 0.240 e. The maximum Gasteiger partial charge on any atom is 0.240 e. The summed E-state index contributed by atoms with van der Waals surface area (Å²) in [6, 6.07) is 15.8. The standard InChI is InChI=1S/C20H23ClN2OS/c1-20(2,3)16-6-4-15(5-7-16)14-22-23-19(24)12-13-25-18-10-8-17(21)9-11-18/h4-11,14H,12-13H2,1-3H3,(H,23,24). The SMILES string of the molecule is CC(C)(C)c1ccc(C=NNC(=O)CCSc2ccc(Cl)cc2)cc1. The first-order chi connectivity index (χ1) is 11.8. The van der Waals surface area contributed by atoms with Gasteiger partial charge in [0.05, 0.1) is 6.21 Å². The Morgan fingerprint density at radius 3 is 2.36 bits per heavy atom. The highest BCUT2D eigenvalue weighted by molar-refractivity contribution is 7.99. The van der Waals surface area contributed by atoms with Gasteiger partial charge in [0.25, 0.3) is 0 Å². The van der Waals surface area contributed by atoms with Gasteiger partial charge in [0, 0.05) is 22.1 Å². The molecular weight excluding hydrogens is 352 g/mol. The second kappa shape index (κ2) is 9.07. The van der Waals surface area contributed by atoms with Crippen molar-refractivity contribution < 1.29 is 4.79 Å². The molecule has 0 aromatic heterocycles. The van der Waals surface area contributed by atoms with Gasteiger partial charge in [0.15, 0.2) is 0 Å². The number of carbonyl (C=O) groups is 1. The van der Waals surface area contributed by atoms with Crippen LogP contribution in [0.1, 0.15) is 38.3 Å². The maximum atomic E-state index is 11.8. The molecule has 0 saturated heterocycles. The molecule has 1 amide bonds. The van der Waals surface area contributed by atoms with E-state index >= 15 is 0 Å². The minimum atomic E-state index is -0.0935. The third-order valence-electron chi connectivity index (χ3n) is 3.59. The van der Waals surface area contributed by atoms with Crippen molar-refractivity contribution in [1.29, 1.82) is 0 Å². The van der Waals surface area contributed by atoms with Crippen LogP contribution in [0.2, 0.25) is 5.02 Å². The topological polar surface area (TPSA) is 41.5 Å². The summed E-state index contributed by atoms with van der Waals surface area (Å²) in [5.74, 6) is 0.604. The molecule has 2 aromatic rings. The van der Waals surface area contributed by atoms with Gasteiger partial charge in [-0.05, 0) is 40.8 Å². The van der Waals surface area contributed by atoms with Gasteiger partial charge < -0.3 is 0 Å². The summed E-state index contributed by atoms with van der Waals surface area (Å²) in [4.78, 5) is 12.9. The highest BCUT2D eigenvalue weighted by Crippen LogP contribution is 2.22. The van der Waals surface area contributed by atoms with E-state index in [0.29, 0.717) is 17.2 Å². The predicted octanol–water partition coefficient (Wildman–Crippen LogP) is 5.27. The molecule has 0 fully saturated rings. The van der Waals surface area contributed by atoms with Crippen LogP contribution < -0.4 is 5.43 Å². The van der Waals surface area contributed by atoms with Crippen molar-refractivity contribution in [2.45, 2.75) is 37.5 Å². The van der Waals surface area contributed by atoms with Crippen LogP contribution in [0.25, 0.3) is 0 Å². The van der Waals surface area contributed by atoms with Gasteiger partial charge in [0.2, 0.25) is 5.91 Å². The van der Waals surface area contributed by atoms with Gasteiger partial charge >= 0.3 is 0 Å². The van der Waals surface area contributed by atoms with Crippen LogP contribution in [0.15, 0.2) is 58.5 Å². The molecule has 0 aliphatic heterocycles. The van der Waals surface area contributed by atoms with Crippen LogP contribution >= 0.6 is 23.4 Å². The third-order valence-corrected chi connectivity index (χ3v) is 4.86. The molecule has 0 atom stereocenters. The number of carbonyl (C=O) groups excluding carboxylic acids is 1. The zero-order valence-corrected chi connectivity index (χ0v) is 16.3. The maximum absolute atomic E-state index is 11.8. The van der Waals surface area contributed by atoms with E-state index in [1.54, 1.807) is 18.0 Å². The molecule has 0 aliphatic rings. The van der Waals surface area contributed by atoms with Crippen molar-refractivity contribution >= 4 is 35.5 Å². The lowest BCUT2D eigenvalue weighted by Crippen LogP contribution is -2.17. The normalized spacial score (nSPS) is 11.7. The monoisotopic (exact) mass is 374 g/mol. The van der Waals surface area contributed by atoms with Crippen LogP contribution in [0.4, 0.5) is 0 Å². The molecule has 3 nitrogen and oxygen atoms in total. The summed E-state index contributed by atoms with van der Waals surface area (Å²) in [5, 5.41) is 4.73. The van der Waals surface area contributed by atoms with Crippen molar-refractivity contribution in [2.75, 3.05) is 5.75 Å². The minimum Gasteiger partial charge on any atom is -0.273 e. The Bertz CT molecular complexity index is 719. The molecule has 132 valence electrons. The fraction of sp³-hybridized carbons (Fsp3) is 0.300. The number of nitrogens with zero attached hydrogens (tertiary/aromatic N) is 1. The van der Waals surface area contributed by atoms with E-state index in [1.165, 1.54) is 5.56 Å². The fourth-order valence-corrected chi connectivity index (χ4v) is 3.07. The first-order valence-corrected chi connectivity index (χ1v) is 9.52. The van der Waals surface area contributed by atoms with Crippen molar-refractivity contribution in [2.24, 2.45) is 5.10 Å². The molecule has 0 unspecified atom stereocenters. The van der Waals surface area contributed by atoms with E-state index in [1.807, 2.05) is 36.4 Å². The lowest BCUT2D eigenvalue weighted by atomic mass is 9.87. The molecule has 5 heteroatoms.